The molecule has 2 N–H and O–H groups in total. The molecule has 0 fully saturated rings. The van der Waals surface area contributed by atoms with Gasteiger partial charge in [-0.1, -0.05) is 0 Å². The minimum absolute atomic E-state index is 0.701. The second kappa shape index (κ2) is 4.28. The first-order chi connectivity index (χ1) is 6.92. The lowest BCUT2D eigenvalue weighted by atomic mass is 10.5. The first kappa shape index (κ1) is 9.26. The van der Waals surface area contributed by atoms with Crippen LogP contribution < -0.4 is 5.32 Å². The molecule has 2 aromatic heterocycles. The Kier molecular flexibility index (Phi) is 2.83. The van der Waals surface area contributed by atoms with Crippen LogP contribution in [0.5, 0.6) is 0 Å². The highest BCUT2D eigenvalue weighted by molar-refractivity contribution is 7.98. The second-order valence-electron chi connectivity index (χ2n) is 2.74. The van der Waals surface area contributed by atoms with Crippen molar-refractivity contribution in [2.75, 3.05) is 23.9 Å². The van der Waals surface area contributed by atoms with Crippen molar-refractivity contribution in [1.29, 1.82) is 0 Å². The summed E-state index contributed by atoms with van der Waals surface area (Å²) in [4.78, 5) is 15.2. The van der Waals surface area contributed by atoms with Gasteiger partial charge in [-0.3, -0.25) is 0 Å². The Bertz CT molecular complexity index is 413. The fourth-order valence-corrected chi connectivity index (χ4v) is 1.48. The molecule has 0 aliphatic carbocycles. The molecule has 0 aliphatic heterocycles. The number of fused-ring (bicyclic) bond motifs is 1. The minimum atomic E-state index is 0.701. The molecule has 0 radical (unpaired) electrons. The van der Waals surface area contributed by atoms with Gasteiger partial charge < -0.3 is 10.3 Å². The van der Waals surface area contributed by atoms with Gasteiger partial charge in [0.2, 0.25) is 0 Å². The van der Waals surface area contributed by atoms with Gasteiger partial charge in [0, 0.05) is 12.3 Å². The van der Waals surface area contributed by atoms with Crippen LogP contribution in [-0.4, -0.2) is 38.5 Å². The molecule has 0 bridgehead atoms. The van der Waals surface area contributed by atoms with Gasteiger partial charge in [-0.15, -0.1) is 0 Å². The number of imidazole rings is 1. The van der Waals surface area contributed by atoms with Crippen molar-refractivity contribution in [1.82, 2.24) is 19.9 Å². The Balaban J connectivity index is 2.19. The smallest absolute Gasteiger partial charge is 0.182 e. The average molecular weight is 209 g/mol. The Hall–Kier alpha value is -1.30. The van der Waals surface area contributed by atoms with Crippen molar-refractivity contribution in [2.45, 2.75) is 0 Å². The second-order valence-corrected chi connectivity index (χ2v) is 3.73. The number of anilines is 1. The van der Waals surface area contributed by atoms with Crippen molar-refractivity contribution in [3.8, 4) is 0 Å². The number of aromatic amines is 1. The van der Waals surface area contributed by atoms with E-state index in [0.29, 0.717) is 5.65 Å². The molecule has 0 amide bonds. The van der Waals surface area contributed by atoms with E-state index in [1.807, 2.05) is 0 Å². The van der Waals surface area contributed by atoms with Gasteiger partial charge in [0.15, 0.2) is 11.5 Å². The molecule has 0 atom stereocenters. The summed E-state index contributed by atoms with van der Waals surface area (Å²) in [6, 6.07) is 0. The summed E-state index contributed by atoms with van der Waals surface area (Å²) >= 11 is 1.80. The van der Waals surface area contributed by atoms with Crippen molar-refractivity contribution >= 4 is 28.7 Å². The van der Waals surface area contributed by atoms with Gasteiger partial charge >= 0.3 is 0 Å². The van der Waals surface area contributed by atoms with Gasteiger partial charge in [-0.2, -0.15) is 11.8 Å². The number of nitrogens with one attached hydrogen (secondary N) is 2. The average Bonchev–Trinajstić information content (AvgIpc) is 2.67. The molecular weight excluding hydrogens is 198 g/mol. The fraction of sp³-hybridized carbons (Fsp3) is 0.375. The number of nitrogens with zero attached hydrogens (tertiary/aromatic N) is 3. The number of thioether (sulfide) groups is 1. The van der Waals surface area contributed by atoms with Gasteiger partial charge in [-0.05, 0) is 6.26 Å². The van der Waals surface area contributed by atoms with E-state index >= 15 is 0 Å². The largest absolute Gasteiger partial charge is 0.367 e. The number of hydrogen-bond donors (Lipinski definition) is 2. The predicted octanol–water partition coefficient (Wildman–Crippen LogP) is 1.13. The van der Waals surface area contributed by atoms with E-state index in [1.165, 1.54) is 6.33 Å². The fourth-order valence-electron chi connectivity index (χ4n) is 1.17. The van der Waals surface area contributed by atoms with Crippen LogP contribution in [0.2, 0.25) is 0 Å². The van der Waals surface area contributed by atoms with Gasteiger partial charge in [0.25, 0.3) is 0 Å². The number of aromatic nitrogens is 4. The maximum Gasteiger partial charge on any atom is 0.182 e. The third-order valence-electron chi connectivity index (χ3n) is 1.82. The van der Waals surface area contributed by atoms with E-state index in [-0.39, 0.29) is 0 Å². The first-order valence-electron chi connectivity index (χ1n) is 4.28. The SMILES string of the molecule is CSCCNc1ncnc2nc[nH]c12. The number of hydrogen-bond acceptors (Lipinski definition) is 5. The highest BCUT2D eigenvalue weighted by Gasteiger charge is 2.03. The topological polar surface area (TPSA) is 66.5 Å². The zero-order valence-corrected chi connectivity index (χ0v) is 8.64. The summed E-state index contributed by atoms with van der Waals surface area (Å²) < 4.78 is 0. The van der Waals surface area contributed by atoms with Crippen LogP contribution in [0.3, 0.4) is 0 Å². The van der Waals surface area contributed by atoms with Crippen molar-refractivity contribution < 1.29 is 0 Å². The lowest BCUT2D eigenvalue weighted by Crippen LogP contribution is -2.06. The molecule has 0 unspecified atom stereocenters. The normalized spacial score (nSPS) is 10.6. The summed E-state index contributed by atoms with van der Waals surface area (Å²) in [5.74, 6) is 1.88. The molecule has 0 spiro atoms. The van der Waals surface area contributed by atoms with Gasteiger partial charge in [-0.25, -0.2) is 15.0 Å². The molecule has 0 aliphatic rings. The molecule has 0 saturated heterocycles. The van der Waals surface area contributed by atoms with Crippen molar-refractivity contribution in [3.63, 3.8) is 0 Å². The summed E-state index contributed by atoms with van der Waals surface area (Å²) in [7, 11) is 0. The van der Waals surface area contributed by atoms with E-state index in [1.54, 1.807) is 18.1 Å². The van der Waals surface area contributed by atoms with Gasteiger partial charge in [0.1, 0.15) is 11.8 Å². The molecule has 6 heteroatoms. The summed E-state index contributed by atoms with van der Waals surface area (Å²) in [5.41, 5.74) is 1.57. The van der Waals surface area contributed by atoms with E-state index in [0.717, 1.165) is 23.6 Å². The minimum Gasteiger partial charge on any atom is -0.367 e. The molecule has 5 nitrogen and oxygen atoms in total. The Morgan fingerprint density at radius 1 is 1.43 bits per heavy atom. The number of rotatable bonds is 4. The van der Waals surface area contributed by atoms with E-state index < -0.39 is 0 Å². The lowest BCUT2D eigenvalue weighted by Gasteiger charge is -2.03. The van der Waals surface area contributed by atoms with Crippen LogP contribution in [0.25, 0.3) is 11.2 Å². The molecule has 2 heterocycles. The highest BCUT2D eigenvalue weighted by atomic mass is 32.2. The maximum atomic E-state index is 4.15. The first-order valence-corrected chi connectivity index (χ1v) is 5.68. The van der Waals surface area contributed by atoms with Crippen LogP contribution in [0, 0.1) is 0 Å². The van der Waals surface area contributed by atoms with Crippen LogP contribution in [0.15, 0.2) is 12.7 Å². The van der Waals surface area contributed by atoms with Crippen LogP contribution in [-0.2, 0) is 0 Å². The standard InChI is InChI=1S/C8H11N5S/c1-14-3-2-9-7-6-8(11-4-10-6)13-5-12-7/h4-5H,2-3H2,1H3,(H2,9,10,11,12,13). The molecule has 2 rings (SSSR count). The Labute approximate surface area is 85.7 Å². The number of H-pyrrole nitrogens is 1. The van der Waals surface area contributed by atoms with Crippen molar-refractivity contribution in [2.24, 2.45) is 0 Å². The van der Waals surface area contributed by atoms with Crippen LogP contribution in [0.4, 0.5) is 5.82 Å². The highest BCUT2D eigenvalue weighted by Crippen LogP contribution is 2.13. The molecule has 0 aromatic carbocycles. The zero-order chi connectivity index (χ0) is 9.80. The third kappa shape index (κ3) is 1.79. The zero-order valence-electron chi connectivity index (χ0n) is 7.82. The molecule has 2 aromatic rings. The van der Waals surface area contributed by atoms with E-state index in [2.05, 4.69) is 31.5 Å². The van der Waals surface area contributed by atoms with Crippen LogP contribution in [0.1, 0.15) is 0 Å². The quantitative estimate of drug-likeness (QED) is 0.739. The molecule has 0 saturated carbocycles. The van der Waals surface area contributed by atoms with Crippen molar-refractivity contribution in [3.05, 3.63) is 12.7 Å². The monoisotopic (exact) mass is 209 g/mol. The lowest BCUT2D eigenvalue weighted by molar-refractivity contribution is 1.14. The summed E-state index contributed by atoms with van der Waals surface area (Å²) in [5, 5.41) is 3.23. The maximum absolute atomic E-state index is 4.15. The Morgan fingerprint density at radius 3 is 3.21 bits per heavy atom. The van der Waals surface area contributed by atoms with Crippen LogP contribution >= 0.6 is 11.8 Å². The molecular formula is C8H11N5S. The van der Waals surface area contributed by atoms with Gasteiger partial charge in [0.05, 0.1) is 6.33 Å². The Morgan fingerprint density at radius 2 is 2.36 bits per heavy atom. The predicted molar refractivity (Wildman–Crippen MR) is 58.6 cm³/mol. The summed E-state index contributed by atoms with van der Waals surface area (Å²) in [6.07, 6.45) is 5.22. The van der Waals surface area contributed by atoms with E-state index in [9.17, 15) is 0 Å². The van der Waals surface area contributed by atoms with E-state index in [4.69, 9.17) is 0 Å². The molecule has 14 heavy (non-hydrogen) atoms. The molecule has 74 valence electrons. The third-order valence-corrected chi connectivity index (χ3v) is 2.43. The summed E-state index contributed by atoms with van der Waals surface area (Å²) in [6.45, 7) is 0.895.